The fraction of sp³-hybridized carbons (Fsp3) is 0.269. The molecule has 0 amide bonds. The summed E-state index contributed by atoms with van der Waals surface area (Å²) < 4.78 is 25.8. The number of Topliss-reactive ketones (excluding diaryl/α,β-unsaturated/α-hetero) is 1. The number of carbonyl (C=O) groups excluding carboxylic acids is 1. The van der Waals surface area contributed by atoms with E-state index in [4.69, 9.17) is 9.47 Å². The third-order valence-electron chi connectivity index (χ3n) is 5.83. The predicted molar refractivity (Wildman–Crippen MR) is 120 cm³/mol. The molecule has 0 radical (unpaired) electrons. The molecule has 4 rings (SSSR count). The first-order valence-electron chi connectivity index (χ1n) is 10.3. The van der Waals surface area contributed by atoms with E-state index in [0.29, 0.717) is 11.3 Å². The molecule has 160 valence electrons. The van der Waals surface area contributed by atoms with Gasteiger partial charge in [0.05, 0.1) is 12.6 Å². The Morgan fingerprint density at radius 3 is 2.55 bits per heavy atom. The van der Waals surface area contributed by atoms with E-state index < -0.39 is 5.54 Å². The Labute approximate surface area is 182 Å². The van der Waals surface area contributed by atoms with Crippen molar-refractivity contribution in [1.82, 2.24) is 0 Å². The molecule has 0 fully saturated rings. The molecular weight excluding hydrogens is 393 g/mol. The summed E-state index contributed by atoms with van der Waals surface area (Å²) in [4.78, 5) is 12.8. The zero-order chi connectivity index (χ0) is 22.2. The Morgan fingerprint density at radius 2 is 1.81 bits per heavy atom. The number of methoxy groups -OCH3 is 1. The number of anilines is 1. The minimum absolute atomic E-state index is 0.0977. The Bertz CT molecular complexity index is 1150. The molecule has 5 heteroatoms. The lowest BCUT2D eigenvalue weighted by atomic mass is 9.83. The highest BCUT2D eigenvalue weighted by molar-refractivity contribution is 5.97. The average Bonchev–Trinajstić information content (AvgIpc) is 2.74. The number of nitrogens with one attached hydrogen (secondary N) is 1. The number of hydrogen-bond donors (Lipinski definition) is 1. The van der Waals surface area contributed by atoms with Crippen molar-refractivity contribution in [3.63, 3.8) is 0 Å². The molecule has 1 aliphatic rings. The molecule has 1 heterocycles. The molecule has 0 atom stereocenters. The van der Waals surface area contributed by atoms with E-state index in [1.165, 1.54) is 12.1 Å². The van der Waals surface area contributed by atoms with Crippen LogP contribution in [0.3, 0.4) is 0 Å². The SMILES string of the molecule is COc1ccc(F)cc1-c1ccc2c(c1COc1ccccc1C)CC(=O)C(C)(C)N2. The summed E-state index contributed by atoms with van der Waals surface area (Å²) in [5, 5.41) is 3.34. The molecule has 0 aliphatic carbocycles. The van der Waals surface area contributed by atoms with Gasteiger partial charge in [-0.2, -0.15) is 0 Å². The third kappa shape index (κ3) is 4.00. The van der Waals surface area contributed by atoms with Crippen molar-refractivity contribution < 1.29 is 18.7 Å². The van der Waals surface area contributed by atoms with Gasteiger partial charge >= 0.3 is 0 Å². The number of ketones is 1. The predicted octanol–water partition coefficient (Wildman–Crippen LogP) is 5.70. The van der Waals surface area contributed by atoms with Crippen molar-refractivity contribution in [3.8, 4) is 22.6 Å². The molecule has 0 unspecified atom stereocenters. The highest BCUT2D eigenvalue weighted by atomic mass is 19.1. The van der Waals surface area contributed by atoms with Crippen molar-refractivity contribution in [2.24, 2.45) is 0 Å². The molecule has 0 saturated heterocycles. The van der Waals surface area contributed by atoms with Crippen molar-refractivity contribution in [2.45, 2.75) is 39.3 Å². The number of benzene rings is 3. The molecule has 0 saturated carbocycles. The van der Waals surface area contributed by atoms with Crippen LogP contribution in [0.2, 0.25) is 0 Å². The van der Waals surface area contributed by atoms with Gasteiger partial charge in [0.15, 0.2) is 5.78 Å². The highest BCUT2D eigenvalue weighted by Crippen LogP contribution is 2.40. The van der Waals surface area contributed by atoms with Crippen molar-refractivity contribution >= 4 is 11.5 Å². The van der Waals surface area contributed by atoms with Crippen LogP contribution >= 0.6 is 0 Å². The first kappa shape index (κ1) is 20.9. The highest BCUT2D eigenvalue weighted by Gasteiger charge is 2.34. The van der Waals surface area contributed by atoms with Gasteiger partial charge in [0.25, 0.3) is 0 Å². The lowest BCUT2D eigenvalue weighted by molar-refractivity contribution is -0.122. The summed E-state index contributed by atoms with van der Waals surface area (Å²) in [5.41, 5.74) is 4.42. The second-order valence-electron chi connectivity index (χ2n) is 8.37. The minimum Gasteiger partial charge on any atom is -0.496 e. The van der Waals surface area contributed by atoms with E-state index in [1.807, 2.05) is 57.2 Å². The minimum atomic E-state index is -0.640. The summed E-state index contributed by atoms with van der Waals surface area (Å²) in [7, 11) is 1.56. The zero-order valence-electron chi connectivity index (χ0n) is 18.2. The van der Waals surface area contributed by atoms with Gasteiger partial charge in [-0.15, -0.1) is 0 Å². The Hall–Kier alpha value is -3.34. The molecule has 0 spiro atoms. The molecule has 0 bridgehead atoms. The largest absolute Gasteiger partial charge is 0.496 e. The van der Waals surface area contributed by atoms with Gasteiger partial charge < -0.3 is 14.8 Å². The Kier molecular flexibility index (Phi) is 5.44. The lowest BCUT2D eigenvalue weighted by Crippen LogP contribution is -2.45. The van der Waals surface area contributed by atoms with Crippen LogP contribution in [-0.4, -0.2) is 18.4 Å². The lowest BCUT2D eigenvalue weighted by Gasteiger charge is -2.34. The zero-order valence-corrected chi connectivity index (χ0v) is 18.2. The van der Waals surface area contributed by atoms with Gasteiger partial charge in [0.1, 0.15) is 23.9 Å². The summed E-state index contributed by atoms with van der Waals surface area (Å²) in [6, 6.07) is 16.1. The van der Waals surface area contributed by atoms with Gasteiger partial charge in [0, 0.05) is 23.2 Å². The number of rotatable bonds is 5. The van der Waals surface area contributed by atoms with Gasteiger partial charge in [-0.05, 0) is 67.8 Å². The van der Waals surface area contributed by atoms with E-state index in [9.17, 15) is 9.18 Å². The van der Waals surface area contributed by atoms with Gasteiger partial charge in [-0.25, -0.2) is 4.39 Å². The maximum atomic E-state index is 14.2. The number of carbonyl (C=O) groups is 1. The van der Waals surface area contributed by atoms with E-state index in [0.717, 1.165) is 33.7 Å². The fourth-order valence-electron chi connectivity index (χ4n) is 3.98. The van der Waals surface area contributed by atoms with Crippen LogP contribution < -0.4 is 14.8 Å². The summed E-state index contributed by atoms with van der Waals surface area (Å²) in [6.45, 7) is 5.99. The van der Waals surface area contributed by atoms with E-state index in [-0.39, 0.29) is 24.6 Å². The van der Waals surface area contributed by atoms with Crippen LogP contribution in [0.25, 0.3) is 11.1 Å². The van der Waals surface area contributed by atoms with Gasteiger partial charge in [-0.1, -0.05) is 24.3 Å². The number of halogens is 1. The molecule has 3 aromatic rings. The van der Waals surface area contributed by atoms with Crippen molar-refractivity contribution in [3.05, 3.63) is 77.1 Å². The second-order valence-corrected chi connectivity index (χ2v) is 8.37. The number of fused-ring (bicyclic) bond motifs is 1. The monoisotopic (exact) mass is 419 g/mol. The van der Waals surface area contributed by atoms with E-state index in [1.54, 1.807) is 13.2 Å². The van der Waals surface area contributed by atoms with Crippen LogP contribution in [0.5, 0.6) is 11.5 Å². The molecule has 3 aromatic carbocycles. The number of ether oxygens (including phenoxy) is 2. The molecule has 1 N–H and O–H groups in total. The maximum absolute atomic E-state index is 14.2. The van der Waals surface area contributed by atoms with Gasteiger partial charge in [0.2, 0.25) is 0 Å². The maximum Gasteiger partial charge on any atom is 0.162 e. The molecule has 31 heavy (non-hydrogen) atoms. The second kappa shape index (κ2) is 8.06. The molecule has 0 aromatic heterocycles. The van der Waals surface area contributed by atoms with Crippen LogP contribution in [0, 0.1) is 12.7 Å². The first-order valence-corrected chi connectivity index (χ1v) is 10.3. The van der Waals surface area contributed by atoms with Crippen molar-refractivity contribution in [1.29, 1.82) is 0 Å². The van der Waals surface area contributed by atoms with Crippen LogP contribution in [0.15, 0.2) is 54.6 Å². The first-order chi connectivity index (χ1) is 14.8. The number of aryl methyl sites for hydroxylation is 1. The number of hydrogen-bond acceptors (Lipinski definition) is 4. The topological polar surface area (TPSA) is 47.6 Å². The average molecular weight is 419 g/mol. The number of para-hydroxylation sites is 1. The Balaban J connectivity index is 1.86. The fourth-order valence-corrected chi connectivity index (χ4v) is 3.98. The molecular formula is C26H26FNO3. The summed E-state index contributed by atoms with van der Waals surface area (Å²) in [5.74, 6) is 1.08. The Morgan fingerprint density at radius 1 is 1.03 bits per heavy atom. The van der Waals surface area contributed by atoms with Crippen LogP contribution in [0.1, 0.15) is 30.5 Å². The standard InChI is InChI=1S/C26H26FNO3/c1-16-7-5-6-8-23(16)31-15-21-18(20-13-17(27)9-12-24(20)30-4)10-11-22-19(21)14-25(29)26(2,3)28-22/h5-13,28H,14-15H2,1-4H3. The van der Waals surface area contributed by atoms with Gasteiger partial charge in [-0.3, -0.25) is 4.79 Å². The van der Waals surface area contributed by atoms with E-state index >= 15 is 0 Å². The summed E-state index contributed by atoms with van der Waals surface area (Å²) >= 11 is 0. The van der Waals surface area contributed by atoms with Crippen LogP contribution in [0.4, 0.5) is 10.1 Å². The molecule has 4 nitrogen and oxygen atoms in total. The van der Waals surface area contributed by atoms with Crippen molar-refractivity contribution in [2.75, 3.05) is 12.4 Å². The van der Waals surface area contributed by atoms with E-state index in [2.05, 4.69) is 5.32 Å². The normalized spacial score (nSPS) is 14.5. The smallest absolute Gasteiger partial charge is 0.162 e. The quantitative estimate of drug-likeness (QED) is 0.576. The summed E-state index contributed by atoms with van der Waals surface area (Å²) in [6.07, 6.45) is 0.285. The van der Waals surface area contributed by atoms with Crippen LogP contribution in [-0.2, 0) is 17.8 Å². The molecule has 1 aliphatic heterocycles. The third-order valence-corrected chi connectivity index (χ3v) is 5.83.